The maximum atomic E-state index is 12.9. The van der Waals surface area contributed by atoms with Gasteiger partial charge < -0.3 is 15.4 Å². The van der Waals surface area contributed by atoms with Gasteiger partial charge in [-0.05, 0) is 27.2 Å². The van der Waals surface area contributed by atoms with E-state index in [1.807, 2.05) is 5.32 Å². The molecule has 0 aromatic rings. The van der Waals surface area contributed by atoms with Crippen LogP contribution >= 0.6 is 0 Å². The van der Waals surface area contributed by atoms with Gasteiger partial charge in [0, 0.05) is 19.4 Å². The molecule has 1 unspecified atom stereocenters. The van der Waals surface area contributed by atoms with E-state index in [4.69, 9.17) is 4.74 Å². The minimum absolute atomic E-state index is 0.0213. The van der Waals surface area contributed by atoms with Crippen LogP contribution in [0.4, 0.5) is 18.0 Å². The van der Waals surface area contributed by atoms with E-state index < -0.39 is 42.2 Å². The largest absolute Gasteiger partial charge is 0.444 e. The summed E-state index contributed by atoms with van der Waals surface area (Å²) in [5, 5.41) is 4.11. The van der Waals surface area contributed by atoms with Gasteiger partial charge in [0.2, 0.25) is 5.91 Å². The molecular weight excluding hydrogens is 317 g/mol. The molecule has 0 spiro atoms. The Morgan fingerprint density at radius 2 is 1.83 bits per heavy atom. The predicted octanol–water partition coefficient (Wildman–Crippen LogP) is 1.93. The van der Waals surface area contributed by atoms with Crippen molar-refractivity contribution in [3.63, 3.8) is 0 Å². The quantitative estimate of drug-likeness (QED) is 0.802. The number of carbonyl (C=O) groups excluding carboxylic acids is 3. The molecule has 1 aliphatic rings. The highest BCUT2D eigenvalue weighted by Crippen LogP contribution is 2.26. The van der Waals surface area contributed by atoms with Crippen LogP contribution in [0.1, 0.15) is 40.0 Å². The third-order valence-electron chi connectivity index (χ3n) is 3.13. The van der Waals surface area contributed by atoms with Crippen molar-refractivity contribution in [3.05, 3.63) is 0 Å². The topological polar surface area (TPSA) is 84.5 Å². The first kappa shape index (κ1) is 19.2. The molecule has 1 fully saturated rings. The Labute approximate surface area is 132 Å². The molecule has 0 heterocycles. The maximum absolute atomic E-state index is 12.9. The van der Waals surface area contributed by atoms with Gasteiger partial charge in [0.05, 0.1) is 5.92 Å². The first-order chi connectivity index (χ1) is 10.4. The van der Waals surface area contributed by atoms with Crippen molar-refractivity contribution in [2.75, 3.05) is 6.54 Å². The number of nitrogens with one attached hydrogen (secondary N) is 2. The summed E-state index contributed by atoms with van der Waals surface area (Å²) in [4.78, 5) is 33.8. The molecule has 6 nitrogen and oxygen atoms in total. The Kier molecular flexibility index (Phi) is 6.01. The number of ketones is 1. The first-order valence-electron chi connectivity index (χ1n) is 7.24. The lowest BCUT2D eigenvalue weighted by atomic mass is 9.83. The Morgan fingerprint density at radius 3 is 2.26 bits per heavy atom. The van der Waals surface area contributed by atoms with Gasteiger partial charge in [-0.1, -0.05) is 0 Å². The van der Waals surface area contributed by atoms with E-state index in [2.05, 4.69) is 5.32 Å². The lowest BCUT2D eigenvalue weighted by Crippen LogP contribution is -2.51. The van der Waals surface area contributed by atoms with Crippen molar-refractivity contribution in [2.45, 2.75) is 57.9 Å². The molecule has 23 heavy (non-hydrogen) atoms. The van der Waals surface area contributed by atoms with E-state index in [9.17, 15) is 27.6 Å². The molecule has 9 heteroatoms. The van der Waals surface area contributed by atoms with Crippen molar-refractivity contribution in [1.29, 1.82) is 0 Å². The van der Waals surface area contributed by atoms with Crippen molar-refractivity contribution < 1.29 is 32.3 Å². The van der Waals surface area contributed by atoms with Crippen LogP contribution in [-0.4, -0.2) is 42.1 Å². The molecule has 0 aromatic heterocycles. The Balaban J connectivity index is 2.45. The third kappa shape index (κ3) is 6.87. The SMILES string of the molecule is CC(C)(C)OC(=O)NCCC(NC(=O)C1CC(=O)C1)C(F)(F)F. The second-order valence-corrected chi connectivity index (χ2v) is 6.46. The van der Waals surface area contributed by atoms with Gasteiger partial charge in [-0.25, -0.2) is 4.79 Å². The fourth-order valence-corrected chi connectivity index (χ4v) is 1.92. The normalized spacial score (nSPS) is 17.2. The van der Waals surface area contributed by atoms with Crippen molar-refractivity contribution >= 4 is 17.8 Å². The molecule has 0 saturated heterocycles. The summed E-state index contributed by atoms with van der Waals surface area (Å²) in [6, 6.07) is -2.08. The number of ether oxygens (including phenoxy) is 1. The van der Waals surface area contributed by atoms with Gasteiger partial charge in [-0.3, -0.25) is 9.59 Å². The van der Waals surface area contributed by atoms with E-state index >= 15 is 0 Å². The number of hydrogen-bond acceptors (Lipinski definition) is 4. The molecule has 0 bridgehead atoms. The lowest BCUT2D eigenvalue weighted by molar-refractivity contribution is -0.165. The summed E-state index contributed by atoms with van der Waals surface area (Å²) in [5.74, 6) is -1.62. The van der Waals surface area contributed by atoms with Crippen LogP contribution in [0.2, 0.25) is 0 Å². The van der Waals surface area contributed by atoms with Crippen LogP contribution in [0, 0.1) is 5.92 Å². The predicted molar refractivity (Wildman–Crippen MR) is 74.6 cm³/mol. The van der Waals surface area contributed by atoms with Crippen LogP contribution < -0.4 is 10.6 Å². The molecule has 2 amide bonds. The van der Waals surface area contributed by atoms with Crippen LogP contribution in [0.15, 0.2) is 0 Å². The van der Waals surface area contributed by atoms with Gasteiger partial charge in [-0.2, -0.15) is 13.2 Å². The average molecular weight is 338 g/mol. The summed E-state index contributed by atoms with van der Waals surface area (Å²) in [6.07, 6.45) is -6.03. The summed E-state index contributed by atoms with van der Waals surface area (Å²) in [5.41, 5.74) is -0.751. The van der Waals surface area contributed by atoms with E-state index in [-0.39, 0.29) is 25.2 Å². The zero-order valence-electron chi connectivity index (χ0n) is 13.3. The summed E-state index contributed by atoms with van der Waals surface area (Å²) in [6.45, 7) is 4.59. The molecular formula is C14H21F3N2O4. The highest BCUT2D eigenvalue weighted by Gasteiger charge is 2.42. The van der Waals surface area contributed by atoms with Crippen LogP contribution in [0.3, 0.4) is 0 Å². The number of alkyl halides is 3. The zero-order chi connectivity index (χ0) is 17.8. The number of rotatable bonds is 5. The molecule has 0 radical (unpaired) electrons. The molecule has 1 atom stereocenters. The Morgan fingerprint density at radius 1 is 1.26 bits per heavy atom. The third-order valence-corrected chi connectivity index (χ3v) is 3.13. The second-order valence-electron chi connectivity index (χ2n) is 6.46. The lowest BCUT2D eigenvalue weighted by Gasteiger charge is -2.28. The van der Waals surface area contributed by atoms with Gasteiger partial charge in [0.25, 0.3) is 0 Å². The van der Waals surface area contributed by atoms with Crippen LogP contribution in [-0.2, 0) is 14.3 Å². The van der Waals surface area contributed by atoms with E-state index in [1.165, 1.54) is 0 Å². The standard InChI is InChI=1S/C14H21F3N2O4/c1-13(2,3)23-12(22)18-5-4-10(14(15,16)17)19-11(21)8-6-9(20)7-8/h8,10H,4-7H2,1-3H3,(H,18,22)(H,19,21). The van der Waals surface area contributed by atoms with Crippen molar-refractivity contribution in [2.24, 2.45) is 5.92 Å². The molecule has 0 aliphatic heterocycles. The summed E-state index contributed by atoms with van der Waals surface area (Å²) < 4.78 is 43.6. The first-order valence-corrected chi connectivity index (χ1v) is 7.24. The fraction of sp³-hybridized carbons (Fsp3) is 0.786. The van der Waals surface area contributed by atoms with E-state index in [0.717, 1.165) is 0 Å². The minimum atomic E-state index is -4.64. The summed E-state index contributed by atoms with van der Waals surface area (Å²) >= 11 is 0. The van der Waals surface area contributed by atoms with Gasteiger partial charge >= 0.3 is 12.3 Å². The number of amides is 2. The Hall–Kier alpha value is -1.80. The highest BCUT2D eigenvalue weighted by atomic mass is 19.4. The van der Waals surface area contributed by atoms with Gasteiger partial charge in [-0.15, -0.1) is 0 Å². The average Bonchev–Trinajstić information content (AvgIpc) is 2.30. The van der Waals surface area contributed by atoms with Crippen LogP contribution in [0.25, 0.3) is 0 Å². The number of alkyl carbamates (subject to hydrolysis) is 1. The number of Topliss-reactive ketones (excluding diaryl/α,β-unsaturated/α-hetero) is 1. The molecule has 1 rings (SSSR count). The summed E-state index contributed by atoms with van der Waals surface area (Å²) in [7, 11) is 0. The zero-order valence-corrected chi connectivity index (χ0v) is 13.3. The van der Waals surface area contributed by atoms with E-state index in [0.29, 0.717) is 0 Å². The van der Waals surface area contributed by atoms with Crippen molar-refractivity contribution in [1.82, 2.24) is 10.6 Å². The maximum Gasteiger partial charge on any atom is 0.408 e. The molecule has 1 aliphatic carbocycles. The monoisotopic (exact) mass is 338 g/mol. The smallest absolute Gasteiger partial charge is 0.408 e. The highest BCUT2D eigenvalue weighted by molar-refractivity contribution is 5.96. The molecule has 0 aromatic carbocycles. The van der Waals surface area contributed by atoms with Crippen molar-refractivity contribution in [3.8, 4) is 0 Å². The number of carbonyl (C=O) groups is 3. The van der Waals surface area contributed by atoms with Gasteiger partial charge in [0.1, 0.15) is 17.4 Å². The van der Waals surface area contributed by atoms with E-state index in [1.54, 1.807) is 20.8 Å². The second kappa shape index (κ2) is 7.18. The number of halogens is 3. The Bertz CT molecular complexity index is 464. The molecule has 132 valence electrons. The number of hydrogen-bond donors (Lipinski definition) is 2. The molecule has 2 N–H and O–H groups in total. The van der Waals surface area contributed by atoms with Crippen LogP contribution in [0.5, 0.6) is 0 Å². The molecule has 1 saturated carbocycles. The van der Waals surface area contributed by atoms with Gasteiger partial charge in [0.15, 0.2) is 0 Å². The minimum Gasteiger partial charge on any atom is -0.444 e. The fourth-order valence-electron chi connectivity index (χ4n) is 1.92.